The van der Waals surface area contributed by atoms with Crippen molar-refractivity contribution in [3.05, 3.63) is 35.9 Å². The molecule has 2 rings (SSSR count). The summed E-state index contributed by atoms with van der Waals surface area (Å²) >= 11 is 0. The summed E-state index contributed by atoms with van der Waals surface area (Å²) in [6.45, 7) is 0.673. The van der Waals surface area contributed by atoms with E-state index in [2.05, 4.69) is 11.8 Å². The summed E-state index contributed by atoms with van der Waals surface area (Å²) in [5.74, 6) is 4.53. The van der Waals surface area contributed by atoms with Gasteiger partial charge in [0.2, 0.25) is 0 Å². The van der Waals surface area contributed by atoms with Crippen molar-refractivity contribution in [1.82, 2.24) is 4.90 Å². The highest BCUT2D eigenvalue weighted by atomic mass is 16.4. The zero-order chi connectivity index (χ0) is 15.1. The lowest BCUT2D eigenvalue weighted by Crippen LogP contribution is -2.43. The molecule has 0 saturated carbocycles. The van der Waals surface area contributed by atoms with E-state index in [0.717, 1.165) is 24.8 Å². The Morgan fingerprint density at radius 3 is 2.71 bits per heavy atom. The molecular formula is C17H19NO3. The highest BCUT2D eigenvalue weighted by Gasteiger charge is 2.25. The number of amides is 1. The fourth-order valence-electron chi connectivity index (χ4n) is 2.58. The fraction of sp³-hybridized carbons (Fsp3) is 0.412. The van der Waals surface area contributed by atoms with Crippen LogP contribution in [0.1, 0.15) is 37.7 Å². The van der Waals surface area contributed by atoms with Gasteiger partial charge >= 0.3 is 5.97 Å². The predicted octanol–water partition coefficient (Wildman–Crippen LogP) is 2.28. The van der Waals surface area contributed by atoms with Crippen molar-refractivity contribution in [2.75, 3.05) is 6.54 Å². The van der Waals surface area contributed by atoms with Crippen LogP contribution in [-0.2, 0) is 9.59 Å². The van der Waals surface area contributed by atoms with Gasteiger partial charge in [-0.15, -0.1) is 0 Å². The van der Waals surface area contributed by atoms with E-state index in [4.69, 9.17) is 5.11 Å². The summed E-state index contributed by atoms with van der Waals surface area (Å²) in [6, 6.07) is 9.39. The molecule has 1 heterocycles. The normalized spacial score (nSPS) is 17.7. The molecule has 1 fully saturated rings. The highest BCUT2D eigenvalue weighted by molar-refractivity contribution is 5.94. The van der Waals surface area contributed by atoms with Gasteiger partial charge in [0.25, 0.3) is 5.91 Å². The van der Waals surface area contributed by atoms with Crippen molar-refractivity contribution < 1.29 is 14.7 Å². The molecule has 21 heavy (non-hydrogen) atoms. The lowest BCUT2D eigenvalue weighted by molar-refractivity contribution is -0.138. The molecule has 1 aromatic carbocycles. The average Bonchev–Trinajstić information content (AvgIpc) is 2.52. The quantitative estimate of drug-likeness (QED) is 0.867. The second-order valence-corrected chi connectivity index (χ2v) is 5.20. The fourth-order valence-corrected chi connectivity index (χ4v) is 2.58. The summed E-state index contributed by atoms with van der Waals surface area (Å²) in [6.07, 6.45) is 3.48. The molecule has 0 spiro atoms. The number of hydrogen-bond donors (Lipinski definition) is 1. The number of carboxylic acid groups (broad SMARTS) is 1. The number of likely N-dealkylation sites (tertiary alicyclic amines) is 1. The molecule has 1 amide bonds. The molecule has 1 unspecified atom stereocenters. The molecule has 0 aromatic heterocycles. The van der Waals surface area contributed by atoms with Gasteiger partial charge in [-0.05, 0) is 37.8 Å². The lowest BCUT2D eigenvalue weighted by atomic mass is 9.98. The number of rotatable bonds is 3. The molecular weight excluding hydrogens is 266 g/mol. The molecule has 0 radical (unpaired) electrons. The molecule has 1 saturated heterocycles. The van der Waals surface area contributed by atoms with Crippen LogP contribution in [-0.4, -0.2) is 34.5 Å². The van der Waals surface area contributed by atoms with Crippen molar-refractivity contribution in [1.29, 1.82) is 0 Å². The summed E-state index contributed by atoms with van der Waals surface area (Å²) in [5.41, 5.74) is 0.810. The van der Waals surface area contributed by atoms with Gasteiger partial charge < -0.3 is 10.0 Å². The van der Waals surface area contributed by atoms with E-state index in [0.29, 0.717) is 13.0 Å². The molecule has 1 aromatic rings. The minimum absolute atomic E-state index is 0.00687. The van der Waals surface area contributed by atoms with Crippen molar-refractivity contribution >= 4 is 11.9 Å². The first-order valence-electron chi connectivity index (χ1n) is 7.26. The maximum atomic E-state index is 12.2. The summed E-state index contributed by atoms with van der Waals surface area (Å²) < 4.78 is 0. The topological polar surface area (TPSA) is 57.6 Å². The van der Waals surface area contributed by atoms with E-state index >= 15 is 0 Å². The van der Waals surface area contributed by atoms with E-state index in [-0.39, 0.29) is 18.4 Å². The lowest BCUT2D eigenvalue weighted by Gasteiger charge is -2.34. The van der Waals surface area contributed by atoms with Crippen LogP contribution in [0, 0.1) is 11.8 Å². The van der Waals surface area contributed by atoms with Crippen LogP contribution in [0.25, 0.3) is 0 Å². The standard InChI is InChI=1S/C17H19NO3/c19-16(11-9-14-6-2-1-3-7-14)18-13-5-4-8-15(18)10-12-17(20)21/h1-3,6-7,15H,4-5,8,10,12-13H2,(H,20,21). The van der Waals surface area contributed by atoms with Crippen LogP contribution in [0.5, 0.6) is 0 Å². The van der Waals surface area contributed by atoms with Crippen LogP contribution in [0.4, 0.5) is 0 Å². The summed E-state index contributed by atoms with van der Waals surface area (Å²) in [4.78, 5) is 24.7. The average molecular weight is 285 g/mol. The second-order valence-electron chi connectivity index (χ2n) is 5.20. The Kier molecular flexibility index (Phi) is 5.39. The minimum atomic E-state index is -0.816. The van der Waals surface area contributed by atoms with Gasteiger partial charge in [0.1, 0.15) is 0 Å². The Hall–Kier alpha value is -2.28. The molecule has 0 bridgehead atoms. The number of carbonyl (C=O) groups is 2. The summed E-state index contributed by atoms with van der Waals surface area (Å²) in [5, 5.41) is 8.79. The first kappa shape index (κ1) is 15.1. The first-order chi connectivity index (χ1) is 10.2. The number of hydrogen-bond acceptors (Lipinski definition) is 2. The van der Waals surface area contributed by atoms with Crippen molar-refractivity contribution in [2.24, 2.45) is 0 Å². The van der Waals surface area contributed by atoms with E-state index in [1.807, 2.05) is 30.3 Å². The second kappa shape index (κ2) is 7.49. The molecule has 0 aliphatic carbocycles. The number of carbonyl (C=O) groups excluding carboxylic acids is 1. The molecule has 1 N–H and O–H groups in total. The predicted molar refractivity (Wildman–Crippen MR) is 79.5 cm³/mol. The Morgan fingerprint density at radius 1 is 1.24 bits per heavy atom. The first-order valence-corrected chi connectivity index (χ1v) is 7.26. The van der Waals surface area contributed by atoms with Crippen LogP contribution in [0.3, 0.4) is 0 Å². The number of carboxylic acids is 1. The van der Waals surface area contributed by atoms with Crippen molar-refractivity contribution in [3.8, 4) is 11.8 Å². The van der Waals surface area contributed by atoms with Crippen LogP contribution < -0.4 is 0 Å². The monoisotopic (exact) mass is 285 g/mol. The van der Waals surface area contributed by atoms with Crippen molar-refractivity contribution in [3.63, 3.8) is 0 Å². The Bertz CT molecular complexity index is 556. The number of aliphatic carboxylic acids is 1. The molecule has 1 aliphatic heterocycles. The van der Waals surface area contributed by atoms with Gasteiger partial charge in [-0.25, -0.2) is 0 Å². The van der Waals surface area contributed by atoms with Gasteiger partial charge in [0.15, 0.2) is 0 Å². The molecule has 4 heteroatoms. The van der Waals surface area contributed by atoms with Gasteiger partial charge in [0, 0.05) is 30.5 Å². The van der Waals surface area contributed by atoms with E-state index in [1.54, 1.807) is 4.90 Å². The zero-order valence-corrected chi connectivity index (χ0v) is 11.9. The third-order valence-electron chi connectivity index (χ3n) is 3.67. The molecule has 110 valence electrons. The number of piperidine rings is 1. The van der Waals surface area contributed by atoms with E-state index in [9.17, 15) is 9.59 Å². The van der Waals surface area contributed by atoms with Gasteiger partial charge in [0.05, 0.1) is 0 Å². The van der Waals surface area contributed by atoms with Gasteiger partial charge in [-0.3, -0.25) is 9.59 Å². The third-order valence-corrected chi connectivity index (χ3v) is 3.67. The number of nitrogens with zero attached hydrogens (tertiary/aromatic N) is 1. The van der Waals surface area contributed by atoms with Crippen LogP contribution in [0.2, 0.25) is 0 Å². The summed E-state index contributed by atoms with van der Waals surface area (Å²) in [7, 11) is 0. The molecule has 1 atom stereocenters. The maximum absolute atomic E-state index is 12.2. The largest absolute Gasteiger partial charge is 0.481 e. The zero-order valence-electron chi connectivity index (χ0n) is 11.9. The minimum Gasteiger partial charge on any atom is -0.481 e. The Morgan fingerprint density at radius 2 is 2.00 bits per heavy atom. The van der Waals surface area contributed by atoms with E-state index in [1.165, 1.54) is 0 Å². The third kappa shape index (κ3) is 4.64. The van der Waals surface area contributed by atoms with E-state index < -0.39 is 5.97 Å². The van der Waals surface area contributed by atoms with Gasteiger partial charge in [-0.2, -0.15) is 0 Å². The number of benzene rings is 1. The smallest absolute Gasteiger partial charge is 0.303 e. The van der Waals surface area contributed by atoms with Crippen LogP contribution in [0.15, 0.2) is 30.3 Å². The molecule has 4 nitrogen and oxygen atoms in total. The van der Waals surface area contributed by atoms with Crippen LogP contribution >= 0.6 is 0 Å². The molecule has 1 aliphatic rings. The van der Waals surface area contributed by atoms with Crippen molar-refractivity contribution in [2.45, 2.75) is 38.1 Å². The highest BCUT2D eigenvalue weighted by Crippen LogP contribution is 2.20. The Labute approximate surface area is 124 Å². The maximum Gasteiger partial charge on any atom is 0.303 e. The Balaban J connectivity index is 2.01. The van der Waals surface area contributed by atoms with Gasteiger partial charge in [-0.1, -0.05) is 24.1 Å². The SMILES string of the molecule is O=C(O)CCC1CCCCN1C(=O)C#Cc1ccccc1.